The molecule has 6 heteroatoms. The average molecular weight is 177 g/mol. The van der Waals surface area contributed by atoms with Gasteiger partial charge in [-0.1, -0.05) is 6.58 Å². The molecule has 3 N–H and O–H groups in total. The van der Waals surface area contributed by atoms with E-state index in [1.807, 2.05) is 4.90 Å². The van der Waals surface area contributed by atoms with Gasteiger partial charge in [-0.3, -0.25) is 9.69 Å². The van der Waals surface area contributed by atoms with E-state index < -0.39 is 0 Å². The van der Waals surface area contributed by atoms with E-state index in [-0.39, 0.29) is 12.2 Å². The van der Waals surface area contributed by atoms with Crippen LogP contribution < -0.4 is 15.5 Å². The third-order valence-electron chi connectivity index (χ3n) is 2.19. The van der Waals surface area contributed by atoms with Gasteiger partial charge in [0, 0.05) is 0 Å². The van der Waals surface area contributed by atoms with Gasteiger partial charge in [0.1, 0.15) is 11.5 Å². The lowest BCUT2D eigenvalue weighted by atomic mass is 10.2. The first-order valence-corrected chi connectivity index (χ1v) is 3.86. The molecule has 0 spiro atoms. The van der Waals surface area contributed by atoms with Crippen LogP contribution >= 0.6 is 0 Å². The van der Waals surface area contributed by atoms with Gasteiger partial charge in [-0.2, -0.15) is 0 Å². The van der Waals surface area contributed by atoms with Crippen molar-refractivity contribution in [3.63, 3.8) is 0 Å². The van der Waals surface area contributed by atoms with Crippen LogP contribution in [0.5, 0.6) is 0 Å². The first-order chi connectivity index (χ1) is 6.27. The number of aromatic nitrogens is 2. The van der Waals surface area contributed by atoms with Crippen LogP contribution in [0.1, 0.15) is 10.5 Å². The fourth-order valence-corrected chi connectivity index (χ4v) is 1.57. The molecule has 1 atom stereocenters. The number of fused-ring (bicyclic) bond motifs is 3. The van der Waals surface area contributed by atoms with Crippen molar-refractivity contribution in [1.29, 1.82) is 0 Å². The standard InChI is InChI=1S/C7H7N5O/c1-3-10-7-11-6(13)4-5(12(3)7)9-2-8-4/h2,7,10H,1H2,(H,8,9)(H,11,13). The van der Waals surface area contributed by atoms with Crippen molar-refractivity contribution in [2.75, 3.05) is 4.90 Å². The number of hydrogen-bond donors (Lipinski definition) is 3. The number of nitrogens with one attached hydrogen (secondary N) is 3. The van der Waals surface area contributed by atoms with Gasteiger partial charge in [0.2, 0.25) is 0 Å². The minimum Gasteiger partial charge on any atom is -0.339 e. The van der Waals surface area contributed by atoms with Gasteiger partial charge < -0.3 is 15.6 Å². The molecular weight excluding hydrogens is 170 g/mol. The van der Waals surface area contributed by atoms with Crippen LogP contribution in [-0.4, -0.2) is 22.2 Å². The second-order valence-corrected chi connectivity index (χ2v) is 2.94. The number of carbonyl (C=O) groups is 1. The van der Waals surface area contributed by atoms with Crippen LogP contribution in [0.25, 0.3) is 0 Å². The zero-order valence-corrected chi connectivity index (χ0v) is 6.66. The third-order valence-corrected chi connectivity index (χ3v) is 2.19. The van der Waals surface area contributed by atoms with Crippen molar-refractivity contribution < 1.29 is 4.79 Å². The topological polar surface area (TPSA) is 73.0 Å². The normalized spacial score (nSPS) is 24.0. The zero-order valence-electron chi connectivity index (χ0n) is 6.66. The number of rotatable bonds is 0. The van der Waals surface area contributed by atoms with Crippen molar-refractivity contribution in [3.05, 3.63) is 24.4 Å². The fraction of sp³-hybridized carbons (Fsp3) is 0.143. The van der Waals surface area contributed by atoms with Crippen molar-refractivity contribution in [2.24, 2.45) is 0 Å². The Bertz CT molecular complexity index is 409. The van der Waals surface area contributed by atoms with Gasteiger partial charge in [-0.05, 0) is 0 Å². The van der Waals surface area contributed by atoms with Crippen molar-refractivity contribution in [2.45, 2.75) is 6.29 Å². The Balaban J connectivity index is 2.15. The van der Waals surface area contributed by atoms with Gasteiger partial charge in [-0.15, -0.1) is 0 Å². The van der Waals surface area contributed by atoms with Crippen LogP contribution in [-0.2, 0) is 0 Å². The van der Waals surface area contributed by atoms with Gasteiger partial charge >= 0.3 is 0 Å². The molecule has 1 fully saturated rings. The molecule has 1 unspecified atom stereocenters. The molecule has 1 aromatic rings. The molecule has 2 aliphatic heterocycles. The van der Waals surface area contributed by atoms with Crippen molar-refractivity contribution in [1.82, 2.24) is 20.6 Å². The predicted molar refractivity (Wildman–Crippen MR) is 44.6 cm³/mol. The molecule has 1 amide bonds. The Morgan fingerprint density at radius 1 is 1.54 bits per heavy atom. The lowest BCUT2D eigenvalue weighted by Crippen LogP contribution is -2.69. The summed E-state index contributed by atoms with van der Waals surface area (Å²) in [5.41, 5.74) is 0.485. The molecule has 3 heterocycles. The number of H-pyrrole nitrogens is 1. The number of amides is 1. The minimum absolute atomic E-state index is 0.145. The summed E-state index contributed by atoms with van der Waals surface area (Å²) in [4.78, 5) is 20.0. The van der Waals surface area contributed by atoms with Crippen LogP contribution in [0.3, 0.4) is 0 Å². The maximum atomic E-state index is 11.4. The van der Waals surface area contributed by atoms with E-state index in [1.54, 1.807) is 0 Å². The summed E-state index contributed by atoms with van der Waals surface area (Å²) in [6, 6.07) is 0. The predicted octanol–water partition coefficient (Wildman–Crippen LogP) is -0.683. The highest BCUT2D eigenvalue weighted by molar-refractivity contribution is 6.00. The van der Waals surface area contributed by atoms with E-state index in [2.05, 4.69) is 27.2 Å². The molecule has 66 valence electrons. The molecule has 0 aromatic carbocycles. The summed E-state index contributed by atoms with van der Waals surface area (Å²) >= 11 is 0. The van der Waals surface area contributed by atoms with E-state index in [9.17, 15) is 4.79 Å². The number of nitrogens with zero attached hydrogens (tertiary/aromatic N) is 2. The maximum Gasteiger partial charge on any atom is 0.274 e. The van der Waals surface area contributed by atoms with Crippen molar-refractivity contribution in [3.8, 4) is 0 Å². The molecule has 3 rings (SSSR count). The van der Waals surface area contributed by atoms with E-state index in [1.165, 1.54) is 6.33 Å². The molecule has 0 radical (unpaired) electrons. The first kappa shape index (κ1) is 6.53. The second kappa shape index (κ2) is 1.85. The Morgan fingerprint density at radius 3 is 3.15 bits per heavy atom. The molecule has 13 heavy (non-hydrogen) atoms. The fourth-order valence-electron chi connectivity index (χ4n) is 1.57. The van der Waals surface area contributed by atoms with Crippen LogP contribution in [0.15, 0.2) is 18.7 Å². The summed E-state index contributed by atoms with van der Waals surface area (Å²) < 4.78 is 0. The van der Waals surface area contributed by atoms with E-state index in [4.69, 9.17) is 0 Å². The average Bonchev–Trinajstić information content (AvgIpc) is 2.51. The van der Waals surface area contributed by atoms with Gasteiger partial charge in [0.15, 0.2) is 12.1 Å². The number of hydrogen-bond acceptors (Lipinski definition) is 4. The molecule has 1 aromatic heterocycles. The Hall–Kier alpha value is -1.98. The molecule has 0 aliphatic carbocycles. The van der Waals surface area contributed by atoms with E-state index in [0.29, 0.717) is 11.5 Å². The first-order valence-electron chi connectivity index (χ1n) is 3.86. The molecule has 2 aliphatic rings. The number of aromatic amines is 1. The molecule has 6 nitrogen and oxygen atoms in total. The second-order valence-electron chi connectivity index (χ2n) is 2.94. The minimum atomic E-state index is -0.184. The summed E-state index contributed by atoms with van der Waals surface area (Å²) in [6.07, 6.45) is 1.31. The van der Waals surface area contributed by atoms with E-state index >= 15 is 0 Å². The number of imidazole rings is 1. The van der Waals surface area contributed by atoms with Crippen LogP contribution in [0.4, 0.5) is 5.82 Å². The van der Waals surface area contributed by atoms with Gasteiger partial charge in [0.05, 0.1) is 6.33 Å². The highest BCUT2D eigenvalue weighted by Crippen LogP contribution is 2.29. The maximum absolute atomic E-state index is 11.4. The Labute approximate surface area is 73.6 Å². The summed E-state index contributed by atoms with van der Waals surface area (Å²) in [5.74, 6) is 1.24. The molecule has 0 bridgehead atoms. The largest absolute Gasteiger partial charge is 0.339 e. The van der Waals surface area contributed by atoms with Crippen LogP contribution in [0.2, 0.25) is 0 Å². The summed E-state index contributed by atoms with van der Waals surface area (Å²) in [5, 5.41) is 5.68. The molecule has 1 saturated heterocycles. The van der Waals surface area contributed by atoms with Crippen molar-refractivity contribution >= 4 is 11.7 Å². The lowest BCUT2D eigenvalue weighted by Gasteiger charge is -2.46. The number of anilines is 1. The smallest absolute Gasteiger partial charge is 0.274 e. The summed E-state index contributed by atoms with van der Waals surface area (Å²) in [7, 11) is 0. The molecular formula is C7H7N5O. The monoisotopic (exact) mass is 177 g/mol. The van der Waals surface area contributed by atoms with Crippen LogP contribution in [0, 0.1) is 0 Å². The quantitative estimate of drug-likeness (QED) is 0.491. The zero-order chi connectivity index (χ0) is 9.00. The van der Waals surface area contributed by atoms with Gasteiger partial charge in [-0.25, -0.2) is 4.98 Å². The SMILES string of the molecule is C=C1NC2NC(=O)c3[nH]cnc3N12. The van der Waals surface area contributed by atoms with Gasteiger partial charge in [0.25, 0.3) is 5.91 Å². The Morgan fingerprint density at radius 2 is 2.38 bits per heavy atom. The highest BCUT2D eigenvalue weighted by atomic mass is 16.2. The Kier molecular flexibility index (Phi) is 0.926. The molecule has 0 saturated carbocycles. The lowest BCUT2D eigenvalue weighted by molar-refractivity contribution is 0.0903. The van der Waals surface area contributed by atoms with E-state index in [0.717, 1.165) is 5.82 Å². The third kappa shape index (κ3) is 0.629. The highest BCUT2D eigenvalue weighted by Gasteiger charge is 2.41. The number of carbonyl (C=O) groups excluding carboxylic acids is 1. The summed E-state index contributed by atoms with van der Waals surface area (Å²) in [6.45, 7) is 3.76.